The molecule has 2 rings (SSSR count). The number of carboxylic acids is 1. The van der Waals surface area contributed by atoms with Gasteiger partial charge in [0.2, 0.25) is 0 Å². The Morgan fingerprint density at radius 1 is 1.43 bits per heavy atom. The lowest BCUT2D eigenvalue weighted by atomic mass is 9.99. The van der Waals surface area contributed by atoms with E-state index in [-0.39, 0.29) is 6.03 Å². The summed E-state index contributed by atoms with van der Waals surface area (Å²) in [7, 11) is 0. The quantitative estimate of drug-likeness (QED) is 0.891. The van der Waals surface area contributed by atoms with Crippen LogP contribution in [0.3, 0.4) is 0 Å². The number of benzene rings is 1. The Labute approximate surface area is 125 Å². The number of amides is 2. The number of likely N-dealkylation sites (tertiary alicyclic amines) is 1. The smallest absolute Gasteiger partial charge is 0.317 e. The molecule has 114 valence electrons. The zero-order chi connectivity index (χ0) is 15.2. The summed E-state index contributed by atoms with van der Waals surface area (Å²) in [5.41, 5.74) is 2.40. The van der Waals surface area contributed by atoms with E-state index in [0.717, 1.165) is 12.8 Å². The van der Waals surface area contributed by atoms with Crippen molar-refractivity contribution in [1.29, 1.82) is 0 Å². The van der Waals surface area contributed by atoms with Crippen molar-refractivity contribution in [3.8, 4) is 0 Å². The van der Waals surface area contributed by atoms with Crippen LogP contribution in [-0.2, 0) is 11.2 Å². The fraction of sp³-hybridized carbons (Fsp3) is 0.500. The van der Waals surface area contributed by atoms with Crippen molar-refractivity contribution in [2.24, 2.45) is 5.92 Å². The van der Waals surface area contributed by atoms with Crippen LogP contribution in [0.5, 0.6) is 0 Å². The molecule has 5 heteroatoms. The van der Waals surface area contributed by atoms with E-state index in [0.29, 0.717) is 26.1 Å². The van der Waals surface area contributed by atoms with E-state index in [2.05, 4.69) is 11.4 Å². The van der Waals surface area contributed by atoms with Crippen molar-refractivity contribution in [2.75, 3.05) is 19.6 Å². The number of hydrogen-bond acceptors (Lipinski definition) is 2. The van der Waals surface area contributed by atoms with Crippen molar-refractivity contribution in [3.05, 3.63) is 35.4 Å². The number of rotatable bonds is 4. The van der Waals surface area contributed by atoms with Gasteiger partial charge in [0, 0.05) is 19.6 Å². The summed E-state index contributed by atoms with van der Waals surface area (Å²) in [6.07, 6.45) is 2.19. The van der Waals surface area contributed by atoms with Crippen molar-refractivity contribution in [2.45, 2.75) is 26.2 Å². The molecule has 0 aliphatic carbocycles. The third-order valence-corrected chi connectivity index (χ3v) is 3.83. The van der Waals surface area contributed by atoms with E-state index in [1.54, 1.807) is 4.90 Å². The molecule has 1 unspecified atom stereocenters. The van der Waals surface area contributed by atoms with Gasteiger partial charge in [0.15, 0.2) is 0 Å². The molecule has 5 nitrogen and oxygen atoms in total. The predicted octanol–water partition coefficient (Wildman–Crippen LogP) is 2.04. The van der Waals surface area contributed by atoms with Gasteiger partial charge in [-0.25, -0.2) is 4.79 Å². The molecule has 1 atom stereocenters. The molecule has 1 aromatic carbocycles. The van der Waals surface area contributed by atoms with Crippen molar-refractivity contribution in [3.63, 3.8) is 0 Å². The molecule has 0 spiro atoms. The van der Waals surface area contributed by atoms with Crippen molar-refractivity contribution >= 4 is 12.0 Å². The van der Waals surface area contributed by atoms with Crippen LogP contribution in [0.1, 0.15) is 24.0 Å². The molecule has 0 radical (unpaired) electrons. The minimum atomic E-state index is -0.813. The number of aliphatic carboxylic acids is 1. The average molecular weight is 290 g/mol. The Morgan fingerprint density at radius 2 is 2.24 bits per heavy atom. The van der Waals surface area contributed by atoms with Crippen LogP contribution in [0.2, 0.25) is 0 Å². The highest BCUT2D eigenvalue weighted by Crippen LogP contribution is 2.16. The molecule has 1 aliphatic heterocycles. The average Bonchev–Trinajstić information content (AvgIpc) is 2.47. The highest BCUT2D eigenvalue weighted by molar-refractivity contribution is 5.76. The van der Waals surface area contributed by atoms with E-state index < -0.39 is 11.9 Å². The normalized spacial score (nSPS) is 18.3. The van der Waals surface area contributed by atoms with Gasteiger partial charge < -0.3 is 15.3 Å². The number of carbonyl (C=O) groups is 2. The molecule has 0 bridgehead atoms. The maximum atomic E-state index is 12.0. The van der Waals surface area contributed by atoms with Crippen LogP contribution in [-0.4, -0.2) is 41.6 Å². The SMILES string of the molecule is Cc1cccc(CCNC(=O)N2CCCC(C(=O)O)C2)c1. The van der Waals surface area contributed by atoms with Gasteiger partial charge in [-0.2, -0.15) is 0 Å². The predicted molar refractivity (Wildman–Crippen MR) is 80.2 cm³/mol. The number of aryl methyl sites for hydroxylation is 1. The zero-order valence-electron chi connectivity index (χ0n) is 12.3. The monoisotopic (exact) mass is 290 g/mol. The van der Waals surface area contributed by atoms with Gasteiger partial charge in [-0.15, -0.1) is 0 Å². The van der Waals surface area contributed by atoms with Crippen LogP contribution in [0.25, 0.3) is 0 Å². The molecular formula is C16H22N2O3. The lowest BCUT2D eigenvalue weighted by Crippen LogP contribution is -2.47. The largest absolute Gasteiger partial charge is 0.481 e. The summed E-state index contributed by atoms with van der Waals surface area (Å²) in [6, 6.07) is 8.04. The molecular weight excluding hydrogens is 268 g/mol. The number of carboxylic acid groups (broad SMARTS) is 1. The highest BCUT2D eigenvalue weighted by atomic mass is 16.4. The van der Waals surface area contributed by atoms with Crippen LogP contribution in [0.4, 0.5) is 4.79 Å². The lowest BCUT2D eigenvalue weighted by molar-refractivity contribution is -0.143. The van der Waals surface area contributed by atoms with Crippen molar-refractivity contribution < 1.29 is 14.7 Å². The first kappa shape index (κ1) is 15.4. The summed E-state index contributed by atoms with van der Waals surface area (Å²) in [4.78, 5) is 24.7. The molecule has 1 saturated heterocycles. The van der Waals surface area contributed by atoms with E-state index in [1.165, 1.54) is 11.1 Å². The summed E-state index contributed by atoms with van der Waals surface area (Å²) in [6.45, 7) is 3.56. The number of nitrogens with zero attached hydrogens (tertiary/aromatic N) is 1. The number of nitrogens with one attached hydrogen (secondary N) is 1. The second-order valence-corrected chi connectivity index (χ2v) is 5.59. The Morgan fingerprint density at radius 3 is 2.95 bits per heavy atom. The van der Waals surface area contributed by atoms with Crippen LogP contribution in [0, 0.1) is 12.8 Å². The maximum absolute atomic E-state index is 12.0. The third-order valence-electron chi connectivity index (χ3n) is 3.83. The van der Waals surface area contributed by atoms with Gasteiger partial charge in [-0.1, -0.05) is 29.8 Å². The number of piperidine rings is 1. The number of carbonyl (C=O) groups excluding carboxylic acids is 1. The standard InChI is InChI=1S/C16H22N2O3/c1-12-4-2-5-13(10-12)7-8-17-16(21)18-9-3-6-14(11-18)15(19)20/h2,4-5,10,14H,3,6-9,11H2,1H3,(H,17,21)(H,19,20). The summed E-state index contributed by atoms with van der Waals surface area (Å²) < 4.78 is 0. The fourth-order valence-corrected chi connectivity index (χ4v) is 2.66. The zero-order valence-corrected chi connectivity index (χ0v) is 12.3. The molecule has 21 heavy (non-hydrogen) atoms. The second kappa shape index (κ2) is 7.11. The first-order chi connectivity index (χ1) is 10.1. The molecule has 1 heterocycles. The van der Waals surface area contributed by atoms with Gasteiger partial charge in [0.1, 0.15) is 0 Å². The third kappa shape index (κ3) is 4.48. The van der Waals surface area contributed by atoms with Gasteiger partial charge in [0.05, 0.1) is 5.92 Å². The Hall–Kier alpha value is -2.04. The van der Waals surface area contributed by atoms with Gasteiger partial charge in [0.25, 0.3) is 0 Å². The van der Waals surface area contributed by atoms with E-state index in [4.69, 9.17) is 5.11 Å². The molecule has 0 aromatic heterocycles. The number of hydrogen-bond donors (Lipinski definition) is 2. The van der Waals surface area contributed by atoms with Crippen molar-refractivity contribution in [1.82, 2.24) is 10.2 Å². The lowest BCUT2D eigenvalue weighted by Gasteiger charge is -2.30. The topological polar surface area (TPSA) is 69.6 Å². The highest BCUT2D eigenvalue weighted by Gasteiger charge is 2.27. The molecule has 2 N–H and O–H groups in total. The first-order valence-corrected chi connectivity index (χ1v) is 7.37. The minimum Gasteiger partial charge on any atom is -0.481 e. The van der Waals surface area contributed by atoms with E-state index in [9.17, 15) is 9.59 Å². The molecule has 2 amide bonds. The molecule has 0 saturated carbocycles. The van der Waals surface area contributed by atoms with Gasteiger partial charge in [-0.3, -0.25) is 4.79 Å². The maximum Gasteiger partial charge on any atom is 0.317 e. The van der Waals surface area contributed by atoms with Gasteiger partial charge >= 0.3 is 12.0 Å². The Bertz CT molecular complexity index is 516. The molecule has 1 fully saturated rings. The second-order valence-electron chi connectivity index (χ2n) is 5.59. The summed E-state index contributed by atoms with van der Waals surface area (Å²) in [5, 5.41) is 11.9. The summed E-state index contributed by atoms with van der Waals surface area (Å²) >= 11 is 0. The van der Waals surface area contributed by atoms with E-state index in [1.807, 2.05) is 25.1 Å². The van der Waals surface area contributed by atoms with Crippen LogP contribution < -0.4 is 5.32 Å². The van der Waals surface area contributed by atoms with Gasteiger partial charge in [-0.05, 0) is 31.7 Å². The number of urea groups is 1. The molecule has 1 aliphatic rings. The van der Waals surface area contributed by atoms with Crippen LogP contribution >= 0.6 is 0 Å². The Kier molecular flexibility index (Phi) is 5.20. The minimum absolute atomic E-state index is 0.159. The van der Waals surface area contributed by atoms with Crippen LogP contribution in [0.15, 0.2) is 24.3 Å². The van der Waals surface area contributed by atoms with E-state index >= 15 is 0 Å². The summed E-state index contributed by atoms with van der Waals surface area (Å²) in [5.74, 6) is -1.24. The Balaban J connectivity index is 1.78. The first-order valence-electron chi connectivity index (χ1n) is 7.37. The fourth-order valence-electron chi connectivity index (χ4n) is 2.66. The molecule has 1 aromatic rings.